The summed E-state index contributed by atoms with van der Waals surface area (Å²) in [5, 5.41) is 9.64. The number of fused-ring (bicyclic) bond motifs is 1. The minimum absolute atomic E-state index is 0.203. The van der Waals surface area contributed by atoms with Crippen LogP contribution < -0.4 is 5.32 Å². The summed E-state index contributed by atoms with van der Waals surface area (Å²) in [6.45, 7) is 2.39. The van der Waals surface area contributed by atoms with Crippen LogP contribution in [0, 0.1) is 6.92 Å². The van der Waals surface area contributed by atoms with Crippen LogP contribution >= 0.6 is 0 Å². The van der Waals surface area contributed by atoms with Gasteiger partial charge in [-0.25, -0.2) is 4.98 Å². The van der Waals surface area contributed by atoms with Crippen LogP contribution in [-0.4, -0.2) is 38.4 Å². The summed E-state index contributed by atoms with van der Waals surface area (Å²) in [4.78, 5) is 31.9. The number of hydrogen-bond donors (Lipinski definition) is 2. The van der Waals surface area contributed by atoms with Gasteiger partial charge in [0.2, 0.25) is 5.91 Å². The number of carbonyl (C=O) groups is 2. The van der Waals surface area contributed by atoms with Crippen molar-refractivity contribution in [3.05, 3.63) is 76.8 Å². The van der Waals surface area contributed by atoms with Crippen molar-refractivity contribution < 1.29 is 27.2 Å². The summed E-state index contributed by atoms with van der Waals surface area (Å²) in [7, 11) is 0. The molecular formula is C26H24F3N5O3. The van der Waals surface area contributed by atoms with Crippen molar-refractivity contribution in [1.82, 2.24) is 20.1 Å². The Labute approximate surface area is 209 Å². The van der Waals surface area contributed by atoms with Gasteiger partial charge in [-0.1, -0.05) is 18.2 Å². The second kappa shape index (κ2) is 9.72. The van der Waals surface area contributed by atoms with E-state index in [0.29, 0.717) is 29.8 Å². The van der Waals surface area contributed by atoms with E-state index in [1.54, 1.807) is 23.1 Å². The molecule has 0 bridgehead atoms. The first-order valence-electron chi connectivity index (χ1n) is 11.9. The summed E-state index contributed by atoms with van der Waals surface area (Å²) in [5.41, 5.74) is 2.05. The lowest BCUT2D eigenvalue weighted by Crippen LogP contribution is -2.38. The molecule has 11 heteroatoms. The fourth-order valence-corrected chi connectivity index (χ4v) is 4.57. The SMILES string of the molecule is Cc1ccc2oc(C(=O)N3CCCCC3c3cc(NC(=O)Cc4cccc(C(F)(F)F)c4)n[nH]3)cc2n1. The first-order chi connectivity index (χ1) is 17.7. The van der Waals surface area contributed by atoms with Gasteiger partial charge in [0.05, 0.1) is 23.7 Å². The zero-order valence-corrected chi connectivity index (χ0v) is 19.9. The number of alkyl halides is 3. The number of anilines is 1. The van der Waals surface area contributed by atoms with E-state index in [9.17, 15) is 22.8 Å². The van der Waals surface area contributed by atoms with Gasteiger partial charge in [0.15, 0.2) is 17.2 Å². The van der Waals surface area contributed by atoms with Crippen LogP contribution in [0.5, 0.6) is 0 Å². The number of piperidine rings is 1. The number of pyridine rings is 1. The highest BCUT2D eigenvalue weighted by atomic mass is 19.4. The van der Waals surface area contributed by atoms with Crippen LogP contribution in [-0.2, 0) is 17.4 Å². The Hall–Kier alpha value is -4.15. The Morgan fingerprint density at radius 3 is 2.81 bits per heavy atom. The lowest BCUT2D eigenvalue weighted by Gasteiger charge is -2.34. The number of H-pyrrole nitrogens is 1. The first kappa shape index (κ1) is 24.5. The monoisotopic (exact) mass is 511 g/mol. The summed E-state index contributed by atoms with van der Waals surface area (Å²) in [5.74, 6) is -0.327. The molecule has 2 N–H and O–H groups in total. The minimum Gasteiger partial charge on any atom is -0.449 e. The van der Waals surface area contributed by atoms with Gasteiger partial charge in [-0.3, -0.25) is 14.7 Å². The first-order valence-corrected chi connectivity index (χ1v) is 11.9. The number of nitrogens with zero attached hydrogens (tertiary/aromatic N) is 3. The van der Waals surface area contributed by atoms with Crippen LogP contribution in [0.4, 0.5) is 19.0 Å². The number of furan rings is 1. The topological polar surface area (TPSA) is 104 Å². The number of aromatic nitrogens is 3. The molecule has 1 aromatic carbocycles. The zero-order chi connectivity index (χ0) is 26.2. The van der Waals surface area contributed by atoms with Crippen LogP contribution in [0.15, 0.2) is 52.9 Å². The second-order valence-electron chi connectivity index (χ2n) is 9.09. The maximum absolute atomic E-state index is 13.3. The Balaban J connectivity index is 1.29. The highest BCUT2D eigenvalue weighted by molar-refractivity contribution is 5.95. The maximum Gasteiger partial charge on any atom is 0.416 e. The molecule has 0 aliphatic carbocycles. The molecule has 0 spiro atoms. The van der Waals surface area contributed by atoms with Gasteiger partial charge >= 0.3 is 6.18 Å². The second-order valence-corrected chi connectivity index (χ2v) is 9.09. The summed E-state index contributed by atoms with van der Waals surface area (Å²) >= 11 is 0. The predicted octanol–water partition coefficient (Wildman–Crippen LogP) is 5.43. The van der Waals surface area contributed by atoms with Gasteiger partial charge in [-0.05, 0) is 49.9 Å². The normalized spacial score (nSPS) is 16.2. The number of hydrogen-bond acceptors (Lipinski definition) is 5. The van der Waals surface area contributed by atoms with Gasteiger partial charge in [-0.2, -0.15) is 18.3 Å². The molecule has 0 radical (unpaired) electrons. The van der Waals surface area contributed by atoms with Crippen LogP contribution in [0.25, 0.3) is 11.1 Å². The van der Waals surface area contributed by atoms with Gasteiger partial charge < -0.3 is 14.6 Å². The third-order valence-electron chi connectivity index (χ3n) is 6.33. The number of aromatic amines is 1. The summed E-state index contributed by atoms with van der Waals surface area (Å²) in [6, 6.07) is 11.2. The van der Waals surface area contributed by atoms with Crippen molar-refractivity contribution in [3.63, 3.8) is 0 Å². The number of carbonyl (C=O) groups excluding carboxylic acids is 2. The molecule has 8 nitrogen and oxygen atoms in total. The number of nitrogens with one attached hydrogen (secondary N) is 2. The van der Waals surface area contributed by atoms with Gasteiger partial charge in [-0.15, -0.1) is 0 Å². The van der Waals surface area contributed by atoms with Crippen LogP contribution in [0.1, 0.15) is 58.4 Å². The summed E-state index contributed by atoms with van der Waals surface area (Å²) < 4.78 is 44.6. The number of likely N-dealkylation sites (tertiary alicyclic amines) is 1. The molecule has 192 valence electrons. The van der Waals surface area contributed by atoms with Crippen molar-refractivity contribution in [3.8, 4) is 0 Å². The molecular weight excluding hydrogens is 487 g/mol. The number of rotatable bonds is 5. The maximum atomic E-state index is 13.3. The molecule has 1 unspecified atom stereocenters. The van der Waals surface area contributed by atoms with Crippen LogP contribution in [0.3, 0.4) is 0 Å². The van der Waals surface area contributed by atoms with Crippen molar-refractivity contribution >= 4 is 28.7 Å². The molecule has 3 aromatic heterocycles. The lowest BCUT2D eigenvalue weighted by molar-refractivity contribution is -0.137. The Kier molecular flexibility index (Phi) is 6.45. The molecule has 1 aliphatic rings. The number of halogens is 3. The van der Waals surface area contributed by atoms with Gasteiger partial charge in [0, 0.05) is 24.4 Å². The number of aryl methyl sites for hydroxylation is 1. The highest BCUT2D eigenvalue weighted by Gasteiger charge is 2.32. The van der Waals surface area contributed by atoms with Gasteiger partial charge in [0.1, 0.15) is 5.52 Å². The summed E-state index contributed by atoms with van der Waals surface area (Å²) in [6.07, 6.45) is -2.27. The van der Waals surface area contributed by atoms with E-state index in [0.717, 1.165) is 30.7 Å². The smallest absolute Gasteiger partial charge is 0.416 e. The fourth-order valence-electron chi connectivity index (χ4n) is 4.57. The molecule has 5 rings (SSSR count). The third kappa shape index (κ3) is 5.35. The molecule has 1 fully saturated rings. The molecule has 37 heavy (non-hydrogen) atoms. The van der Waals surface area contributed by atoms with Crippen molar-refractivity contribution in [2.45, 2.75) is 44.8 Å². The molecule has 4 aromatic rings. The minimum atomic E-state index is -4.48. The lowest BCUT2D eigenvalue weighted by atomic mass is 9.99. The molecule has 1 saturated heterocycles. The number of amides is 2. The van der Waals surface area contributed by atoms with E-state index >= 15 is 0 Å². The quantitative estimate of drug-likeness (QED) is 0.372. The fraction of sp³-hybridized carbons (Fsp3) is 0.308. The van der Waals surface area contributed by atoms with E-state index in [1.807, 2.05) is 13.0 Å². The standard InChI is InChI=1S/C26H24F3N5O3/c1-15-8-9-21-19(30-15)13-22(37-21)25(36)34-10-3-2-7-20(34)18-14-23(33-32-18)31-24(35)12-16-5-4-6-17(11-16)26(27,28)29/h4-6,8-9,11,13-14,20H,2-3,7,10,12H2,1H3,(H2,31,32,33,35). The number of benzene rings is 1. The Morgan fingerprint density at radius 2 is 2.00 bits per heavy atom. The highest BCUT2D eigenvalue weighted by Crippen LogP contribution is 2.33. The van der Waals surface area contributed by atoms with Gasteiger partial charge in [0.25, 0.3) is 5.91 Å². The Morgan fingerprint density at radius 1 is 1.16 bits per heavy atom. The van der Waals surface area contributed by atoms with Crippen LogP contribution in [0.2, 0.25) is 0 Å². The largest absolute Gasteiger partial charge is 0.449 e. The third-order valence-corrected chi connectivity index (χ3v) is 6.33. The van der Waals surface area contributed by atoms with E-state index < -0.39 is 17.6 Å². The van der Waals surface area contributed by atoms with E-state index in [-0.39, 0.29) is 35.5 Å². The van der Waals surface area contributed by atoms with Crippen molar-refractivity contribution in [1.29, 1.82) is 0 Å². The van der Waals surface area contributed by atoms with E-state index in [2.05, 4.69) is 20.5 Å². The molecule has 1 aliphatic heterocycles. The van der Waals surface area contributed by atoms with E-state index in [1.165, 1.54) is 12.1 Å². The van der Waals surface area contributed by atoms with Crippen molar-refractivity contribution in [2.75, 3.05) is 11.9 Å². The molecule has 1 atom stereocenters. The molecule has 0 saturated carbocycles. The van der Waals surface area contributed by atoms with E-state index in [4.69, 9.17) is 4.42 Å². The molecule has 2 amide bonds. The average molecular weight is 512 g/mol. The molecule has 4 heterocycles. The zero-order valence-electron chi connectivity index (χ0n) is 19.9. The average Bonchev–Trinajstić information content (AvgIpc) is 3.50. The predicted molar refractivity (Wildman–Crippen MR) is 129 cm³/mol. The Bertz CT molecular complexity index is 1460. The van der Waals surface area contributed by atoms with Crippen molar-refractivity contribution in [2.24, 2.45) is 0 Å².